The zero-order valence-electron chi connectivity index (χ0n) is 10.1. The molecule has 1 aromatic heterocycles. The topological polar surface area (TPSA) is 102 Å². The van der Waals surface area contributed by atoms with Crippen molar-refractivity contribution >= 4 is 23.1 Å². The van der Waals surface area contributed by atoms with Crippen LogP contribution in [0.3, 0.4) is 0 Å². The molecule has 0 saturated carbocycles. The van der Waals surface area contributed by atoms with Crippen molar-refractivity contribution in [1.82, 2.24) is 4.98 Å². The monoisotopic (exact) mass is 245 g/mol. The Hall–Kier alpha value is -2.50. The maximum Gasteiger partial charge on any atom is 0.211 e. The molecule has 0 bridgehead atoms. The van der Waals surface area contributed by atoms with Crippen LogP contribution in [0.2, 0.25) is 0 Å². The Balaban J connectivity index is 2.48. The fourth-order valence-electron chi connectivity index (χ4n) is 1.68. The molecule has 6 nitrogen and oxygen atoms in total. The Morgan fingerprint density at radius 2 is 2.17 bits per heavy atom. The Morgan fingerprint density at radius 1 is 1.39 bits per heavy atom. The lowest BCUT2D eigenvalue weighted by Gasteiger charge is -1.99. The second-order valence-electron chi connectivity index (χ2n) is 3.62. The number of nitrogens with one attached hydrogen (secondary N) is 1. The third-order valence-corrected chi connectivity index (χ3v) is 2.36. The van der Waals surface area contributed by atoms with Crippen LogP contribution in [0.5, 0.6) is 5.88 Å². The molecule has 0 radical (unpaired) electrons. The molecule has 2 aromatic rings. The van der Waals surface area contributed by atoms with Crippen LogP contribution in [0.15, 0.2) is 34.5 Å². The van der Waals surface area contributed by atoms with Gasteiger partial charge in [0, 0.05) is 10.9 Å². The quantitative estimate of drug-likeness (QED) is 0.428. The van der Waals surface area contributed by atoms with Gasteiger partial charge in [-0.05, 0) is 13.0 Å². The second kappa shape index (κ2) is 5.22. The van der Waals surface area contributed by atoms with E-state index in [2.05, 4.69) is 15.2 Å². The highest BCUT2D eigenvalue weighted by Gasteiger charge is 2.09. The van der Waals surface area contributed by atoms with E-state index in [1.165, 1.54) is 0 Å². The molecule has 0 aliphatic rings. The smallest absolute Gasteiger partial charge is 0.211 e. The van der Waals surface area contributed by atoms with E-state index >= 15 is 0 Å². The average Bonchev–Trinajstić information content (AvgIpc) is 2.68. The Labute approximate surface area is 104 Å². The summed E-state index contributed by atoms with van der Waals surface area (Å²) < 4.78 is 5.52. The zero-order valence-corrected chi connectivity index (χ0v) is 10.1. The first kappa shape index (κ1) is 12.0. The third-order valence-electron chi connectivity index (χ3n) is 2.36. The molecule has 1 heterocycles. The molecular weight excluding hydrogens is 230 g/mol. The van der Waals surface area contributed by atoms with E-state index in [9.17, 15) is 0 Å². The minimum absolute atomic E-state index is 0.0796. The van der Waals surface area contributed by atoms with E-state index in [1.807, 2.05) is 31.2 Å². The predicted octanol–water partition coefficient (Wildman–Crippen LogP) is 1.17. The van der Waals surface area contributed by atoms with Crippen LogP contribution in [-0.2, 0) is 0 Å². The van der Waals surface area contributed by atoms with Gasteiger partial charge in [-0.1, -0.05) is 18.2 Å². The number of guanidine groups is 1. The van der Waals surface area contributed by atoms with Gasteiger partial charge in [0.25, 0.3) is 0 Å². The summed E-state index contributed by atoms with van der Waals surface area (Å²) in [6.07, 6.45) is 1.57. The molecule has 18 heavy (non-hydrogen) atoms. The van der Waals surface area contributed by atoms with Crippen LogP contribution >= 0.6 is 0 Å². The molecule has 1 aromatic carbocycles. The van der Waals surface area contributed by atoms with Gasteiger partial charge in [0.2, 0.25) is 11.8 Å². The molecule has 0 aliphatic carbocycles. The van der Waals surface area contributed by atoms with Gasteiger partial charge in [-0.15, -0.1) is 5.10 Å². The van der Waals surface area contributed by atoms with Crippen molar-refractivity contribution in [1.29, 1.82) is 0 Å². The van der Waals surface area contributed by atoms with E-state index in [0.717, 1.165) is 16.5 Å². The minimum atomic E-state index is -0.0796. The Morgan fingerprint density at radius 3 is 2.89 bits per heavy atom. The molecule has 0 atom stereocenters. The van der Waals surface area contributed by atoms with Crippen LogP contribution < -0.4 is 16.2 Å². The predicted molar refractivity (Wildman–Crippen MR) is 72.9 cm³/mol. The van der Waals surface area contributed by atoms with Crippen LogP contribution in [0.25, 0.3) is 10.9 Å². The third kappa shape index (κ3) is 2.42. The number of para-hydroxylation sites is 1. The molecule has 5 N–H and O–H groups in total. The van der Waals surface area contributed by atoms with Crippen molar-refractivity contribution in [3.8, 4) is 5.88 Å². The summed E-state index contributed by atoms with van der Waals surface area (Å²) >= 11 is 0. The van der Waals surface area contributed by atoms with E-state index in [4.69, 9.17) is 16.2 Å². The first-order valence-corrected chi connectivity index (χ1v) is 5.58. The number of fused-ring (bicyclic) bond motifs is 1. The fourth-order valence-corrected chi connectivity index (χ4v) is 1.68. The van der Waals surface area contributed by atoms with Gasteiger partial charge in [-0.3, -0.25) is 0 Å². The number of ether oxygens (including phenoxy) is 1. The largest absolute Gasteiger partial charge is 0.479 e. The number of hydrogen-bond acceptors (Lipinski definition) is 3. The number of benzene rings is 1. The number of nitrogens with zero attached hydrogens (tertiary/aromatic N) is 2. The van der Waals surface area contributed by atoms with Crippen molar-refractivity contribution in [2.75, 3.05) is 6.61 Å². The number of H-pyrrole nitrogens is 1. The SMILES string of the molecule is CCOc1[nH]c2ccccc2c1C=NN=C(N)N. The number of hydrogen-bond donors (Lipinski definition) is 3. The number of rotatable bonds is 4. The first-order valence-electron chi connectivity index (χ1n) is 5.58. The van der Waals surface area contributed by atoms with Crippen LogP contribution in [-0.4, -0.2) is 23.8 Å². The van der Waals surface area contributed by atoms with Gasteiger partial charge in [0.1, 0.15) is 0 Å². The highest BCUT2D eigenvalue weighted by Crippen LogP contribution is 2.26. The first-order chi connectivity index (χ1) is 8.72. The number of nitrogens with two attached hydrogens (primary N) is 2. The van der Waals surface area contributed by atoms with Gasteiger partial charge < -0.3 is 21.2 Å². The number of aromatic nitrogens is 1. The van der Waals surface area contributed by atoms with E-state index in [-0.39, 0.29) is 5.96 Å². The van der Waals surface area contributed by atoms with E-state index in [0.29, 0.717) is 12.5 Å². The normalized spacial score (nSPS) is 10.9. The molecular formula is C12H15N5O. The summed E-state index contributed by atoms with van der Waals surface area (Å²) in [7, 11) is 0. The molecule has 0 fully saturated rings. The van der Waals surface area contributed by atoms with Gasteiger partial charge in [0.15, 0.2) is 0 Å². The highest BCUT2D eigenvalue weighted by molar-refractivity contribution is 6.02. The van der Waals surface area contributed by atoms with Gasteiger partial charge in [0.05, 0.1) is 18.4 Å². The van der Waals surface area contributed by atoms with Gasteiger partial charge in [-0.25, -0.2) is 0 Å². The summed E-state index contributed by atoms with van der Waals surface area (Å²) in [5.41, 5.74) is 12.2. The molecule has 2 rings (SSSR count). The maximum absolute atomic E-state index is 5.52. The molecule has 0 amide bonds. The molecule has 0 unspecified atom stereocenters. The van der Waals surface area contributed by atoms with Crippen molar-refractivity contribution in [2.24, 2.45) is 21.7 Å². The Bertz CT molecular complexity index is 596. The van der Waals surface area contributed by atoms with Crippen LogP contribution in [0.1, 0.15) is 12.5 Å². The summed E-state index contributed by atoms with van der Waals surface area (Å²) in [6.45, 7) is 2.48. The lowest BCUT2D eigenvalue weighted by atomic mass is 10.2. The van der Waals surface area contributed by atoms with Crippen molar-refractivity contribution in [3.63, 3.8) is 0 Å². The summed E-state index contributed by atoms with van der Waals surface area (Å²) in [4.78, 5) is 3.18. The molecule has 0 saturated heterocycles. The summed E-state index contributed by atoms with van der Waals surface area (Å²) in [5.74, 6) is 0.581. The lowest BCUT2D eigenvalue weighted by Crippen LogP contribution is -2.21. The summed E-state index contributed by atoms with van der Waals surface area (Å²) in [5, 5.41) is 8.41. The Kier molecular flexibility index (Phi) is 3.47. The number of aromatic amines is 1. The standard InChI is InChI=1S/C12H15N5O/c1-2-18-11-9(7-15-17-12(13)14)8-5-3-4-6-10(8)16-11/h3-7,16H,2H2,1H3,(H4,13,14,17). The van der Waals surface area contributed by atoms with Crippen molar-refractivity contribution in [2.45, 2.75) is 6.92 Å². The minimum Gasteiger partial charge on any atom is -0.479 e. The van der Waals surface area contributed by atoms with Crippen LogP contribution in [0.4, 0.5) is 0 Å². The van der Waals surface area contributed by atoms with Crippen molar-refractivity contribution < 1.29 is 4.74 Å². The van der Waals surface area contributed by atoms with Crippen molar-refractivity contribution in [3.05, 3.63) is 29.8 Å². The average molecular weight is 245 g/mol. The summed E-state index contributed by atoms with van der Waals surface area (Å²) in [6, 6.07) is 7.84. The van der Waals surface area contributed by atoms with E-state index in [1.54, 1.807) is 6.21 Å². The second-order valence-corrected chi connectivity index (χ2v) is 3.62. The highest BCUT2D eigenvalue weighted by atomic mass is 16.5. The lowest BCUT2D eigenvalue weighted by molar-refractivity contribution is 0.329. The fraction of sp³-hybridized carbons (Fsp3) is 0.167. The molecule has 6 heteroatoms. The van der Waals surface area contributed by atoms with Gasteiger partial charge >= 0.3 is 0 Å². The van der Waals surface area contributed by atoms with Gasteiger partial charge in [-0.2, -0.15) is 5.10 Å². The van der Waals surface area contributed by atoms with Crippen LogP contribution in [0, 0.1) is 0 Å². The van der Waals surface area contributed by atoms with E-state index < -0.39 is 0 Å². The zero-order chi connectivity index (χ0) is 13.0. The molecule has 0 aliphatic heterocycles. The molecule has 0 spiro atoms. The molecule has 94 valence electrons. The maximum atomic E-state index is 5.52.